The number of carboxylic acids is 1. The lowest BCUT2D eigenvalue weighted by Crippen LogP contribution is -2.23. The van der Waals surface area contributed by atoms with Crippen LogP contribution in [0.2, 0.25) is 0 Å². The maximum atomic E-state index is 11.1. The summed E-state index contributed by atoms with van der Waals surface area (Å²) in [6.45, 7) is 0.0198. The molecule has 1 saturated carbocycles. The molecule has 27 heavy (non-hydrogen) atoms. The number of aromatic nitrogens is 2. The average molecular weight is 376 g/mol. The number of aliphatic carboxylic acids is 1. The van der Waals surface area contributed by atoms with Crippen LogP contribution in [0.25, 0.3) is 11.4 Å². The Hall–Kier alpha value is -2.87. The Balaban J connectivity index is 0.000000817. The molecule has 0 radical (unpaired) electrons. The van der Waals surface area contributed by atoms with Gasteiger partial charge in [-0.05, 0) is 49.9 Å². The Morgan fingerprint density at radius 2 is 1.85 bits per heavy atom. The molecule has 0 unspecified atom stereocenters. The van der Waals surface area contributed by atoms with Gasteiger partial charge in [0.2, 0.25) is 0 Å². The Morgan fingerprint density at radius 1 is 1.22 bits per heavy atom. The summed E-state index contributed by atoms with van der Waals surface area (Å²) >= 11 is 0. The Morgan fingerprint density at radius 3 is 2.41 bits per heavy atom. The van der Waals surface area contributed by atoms with E-state index in [4.69, 9.17) is 24.9 Å². The highest BCUT2D eigenvalue weighted by Gasteiger charge is 2.27. The monoisotopic (exact) mass is 376 g/mol. The number of carbonyl (C=O) groups is 2. The standard InChI is InChI=1S/C18H22N2O4.CH2O2/c21-11-12-24-16-7-3-13(4-8-16)17-19-9-10-20(17)15-5-1-14(2-6-15)18(22)23;2-1-3/h3-4,7-10,14-15,21H,1-2,5-6,11-12H2,(H,22,23);1H,(H,2,3). The van der Waals surface area contributed by atoms with Gasteiger partial charge in [-0.1, -0.05) is 0 Å². The molecular weight excluding hydrogens is 352 g/mol. The smallest absolute Gasteiger partial charge is 0.306 e. The topological polar surface area (TPSA) is 122 Å². The number of ether oxygens (including phenoxy) is 1. The third-order valence-corrected chi connectivity index (χ3v) is 4.58. The van der Waals surface area contributed by atoms with E-state index in [2.05, 4.69) is 9.55 Å². The van der Waals surface area contributed by atoms with E-state index in [0.717, 1.165) is 24.2 Å². The van der Waals surface area contributed by atoms with Crippen molar-refractivity contribution < 1.29 is 29.6 Å². The number of imidazole rings is 1. The quantitative estimate of drug-likeness (QED) is 0.662. The van der Waals surface area contributed by atoms with E-state index in [9.17, 15) is 4.79 Å². The van der Waals surface area contributed by atoms with Gasteiger partial charge < -0.3 is 24.6 Å². The maximum Gasteiger partial charge on any atom is 0.306 e. The fraction of sp³-hybridized carbons (Fsp3) is 0.421. The molecule has 1 aliphatic rings. The molecule has 0 aliphatic heterocycles. The van der Waals surface area contributed by atoms with Crippen molar-refractivity contribution in [2.45, 2.75) is 31.7 Å². The minimum atomic E-state index is -0.683. The van der Waals surface area contributed by atoms with Crippen LogP contribution in [0.4, 0.5) is 0 Å². The predicted octanol–water partition coefficient (Wildman–Crippen LogP) is 2.44. The van der Waals surface area contributed by atoms with Crippen LogP contribution in [0.5, 0.6) is 5.75 Å². The van der Waals surface area contributed by atoms with Crippen molar-refractivity contribution >= 4 is 12.4 Å². The number of aliphatic hydroxyl groups is 1. The molecule has 1 heterocycles. The highest BCUT2D eigenvalue weighted by atomic mass is 16.5. The lowest BCUT2D eigenvalue weighted by atomic mass is 9.86. The molecule has 2 aromatic rings. The zero-order valence-electron chi connectivity index (χ0n) is 14.9. The van der Waals surface area contributed by atoms with Crippen molar-refractivity contribution in [1.29, 1.82) is 0 Å². The summed E-state index contributed by atoms with van der Waals surface area (Å²) < 4.78 is 7.53. The van der Waals surface area contributed by atoms with E-state index in [1.807, 2.05) is 30.5 Å². The second-order valence-electron chi connectivity index (χ2n) is 6.20. The average Bonchev–Trinajstić information content (AvgIpc) is 3.17. The number of benzene rings is 1. The van der Waals surface area contributed by atoms with Crippen LogP contribution in [-0.2, 0) is 9.59 Å². The lowest BCUT2D eigenvalue weighted by Gasteiger charge is -2.28. The van der Waals surface area contributed by atoms with Crippen LogP contribution in [-0.4, -0.2) is 50.5 Å². The van der Waals surface area contributed by atoms with Crippen molar-refractivity contribution in [3.05, 3.63) is 36.7 Å². The van der Waals surface area contributed by atoms with Gasteiger partial charge in [0.1, 0.15) is 18.2 Å². The zero-order chi connectivity index (χ0) is 19.6. The van der Waals surface area contributed by atoms with E-state index in [1.165, 1.54) is 0 Å². The largest absolute Gasteiger partial charge is 0.491 e. The summed E-state index contributed by atoms with van der Waals surface area (Å²) in [4.78, 5) is 23.9. The first-order chi connectivity index (χ1) is 13.1. The van der Waals surface area contributed by atoms with Crippen molar-refractivity contribution in [3.63, 3.8) is 0 Å². The summed E-state index contributed by atoms with van der Waals surface area (Å²) in [6.07, 6.45) is 6.90. The molecule has 0 bridgehead atoms. The maximum absolute atomic E-state index is 11.1. The highest BCUT2D eigenvalue weighted by molar-refractivity contribution is 5.70. The Kier molecular flexibility index (Phi) is 7.81. The molecule has 1 aliphatic carbocycles. The number of aliphatic hydroxyl groups excluding tert-OH is 1. The van der Waals surface area contributed by atoms with Gasteiger partial charge in [-0.2, -0.15) is 0 Å². The summed E-state index contributed by atoms with van der Waals surface area (Å²) in [5.41, 5.74) is 0.997. The van der Waals surface area contributed by atoms with E-state index in [1.54, 1.807) is 6.20 Å². The van der Waals surface area contributed by atoms with E-state index < -0.39 is 5.97 Å². The summed E-state index contributed by atoms with van der Waals surface area (Å²) in [5, 5.41) is 24.8. The van der Waals surface area contributed by atoms with Gasteiger partial charge in [-0.3, -0.25) is 9.59 Å². The molecule has 0 atom stereocenters. The van der Waals surface area contributed by atoms with Crippen LogP contribution in [0, 0.1) is 5.92 Å². The minimum absolute atomic E-state index is 0.00876. The number of hydrogen-bond acceptors (Lipinski definition) is 5. The first kappa shape index (κ1) is 20.4. The molecule has 8 heteroatoms. The molecule has 0 spiro atoms. The van der Waals surface area contributed by atoms with Gasteiger partial charge in [0.15, 0.2) is 0 Å². The molecule has 3 rings (SSSR count). The Bertz CT molecular complexity index is 720. The highest BCUT2D eigenvalue weighted by Crippen LogP contribution is 2.35. The van der Waals surface area contributed by atoms with E-state index in [-0.39, 0.29) is 25.6 Å². The molecule has 1 fully saturated rings. The van der Waals surface area contributed by atoms with Crippen LogP contribution >= 0.6 is 0 Å². The summed E-state index contributed by atoms with van der Waals surface area (Å²) in [7, 11) is 0. The van der Waals surface area contributed by atoms with Crippen molar-refractivity contribution in [2.75, 3.05) is 13.2 Å². The van der Waals surface area contributed by atoms with Gasteiger partial charge in [0.25, 0.3) is 6.47 Å². The minimum Gasteiger partial charge on any atom is -0.491 e. The van der Waals surface area contributed by atoms with Crippen LogP contribution in [0.1, 0.15) is 31.7 Å². The van der Waals surface area contributed by atoms with Gasteiger partial charge >= 0.3 is 5.97 Å². The number of hydrogen-bond donors (Lipinski definition) is 3. The molecule has 1 aromatic carbocycles. The second-order valence-corrected chi connectivity index (χ2v) is 6.20. The van der Waals surface area contributed by atoms with Crippen molar-refractivity contribution in [3.8, 4) is 17.1 Å². The van der Waals surface area contributed by atoms with Gasteiger partial charge in [-0.15, -0.1) is 0 Å². The zero-order valence-corrected chi connectivity index (χ0v) is 14.9. The molecule has 3 N–H and O–H groups in total. The summed E-state index contributed by atoms with van der Waals surface area (Å²) in [6, 6.07) is 7.93. The van der Waals surface area contributed by atoms with Gasteiger partial charge in [0, 0.05) is 24.0 Å². The molecule has 8 nitrogen and oxygen atoms in total. The van der Waals surface area contributed by atoms with Crippen molar-refractivity contribution in [2.24, 2.45) is 5.92 Å². The normalized spacial score (nSPS) is 18.9. The summed E-state index contributed by atoms with van der Waals surface area (Å²) in [5.74, 6) is 0.712. The van der Waals surface area contributed by atoms with Gasteiger partial charge in [0.05, 0.1) is 12.5 Å². The SMILES string of the molecule is O=C(O)C1CCC(n2ccnc2-c2ccc(OCCO)cc2)CC1.O=CO. The number of rotatable bonds is 6. The lowest BCUT2D eigenvalue weighted by molar-refractivity contribution is -0.143. The molecule has 0 amide bonds. The third kappa shape index (κ3) is 5.55. The van der Waals surface area contributed by atoms with E-state index >= 15 is 0 Å². The molecule has 146 valence electrons. The fourth-order valence-electron chi connectivity index (χ4n) is 3.30. The fourth-order valence-corrected chi connectivity index (χ4v) is 3.30. The third-order valence-electron chi connectivity index (χ3n) is 4.58. The van der Waals surface area contributed by atoms with Crippen LogP contribution in [0.3, 0.4) is 0 Å². The van der Waals surface area contributed by atoms with Crippen molar-refractivity contribution in [1.82, 2.24) is 9.55 Å². The van der Waals surface area contributed by atoms with Crippen LogP contribution in [0.15, 0.2) is 36.7 Å². The molecule has 0 saturated heterocycles. The second kappa shape index (κ2) is 10.3. The van der Waals surface area contributed by atoms with E-state index in [0.29, 0.717) is 24.6 Å². The first-order valence-corrected chi connectivity index (χ1v) is 8.78. The first-order valence-electron chi connectivity index (χ1n) is 8.78. The molecule has 1 aromatic heterocycles. The number of nitrogens with zero attached hydrogens (tertiary/aromatic N) is 2. The van der Waals surface area contributed by atoms with Crippen LogP contribution < -0.4 is 4.74 Å². The number of carboxylic acid groups (broad SMARTS) is 2. The predicted molar refractivity (Wildman–Crippen MR) is 97.6 cm³/mol. The van der Waals surface area contributed by atoms with Gasteiger partial charge in [-0.25, -0.2) is 4.98 Å². The Labute approximate surface area is 157 Å². The molecular formula is C19H24N2O6.